The fourth-order valence-corrected chi connectivity index (χ4v) is 1.20. The van der Waals surface area contributed by atoms with Crippen molar-refractivity contribution < 1.29 is 11.9 Å². The number of hydrogen-bond acceptors (Lipinski definition) is 3. The van der Waals surface area contributed by atoms with Gasteiger partial charge in [0.2, 0.25) is 0 Å². The molecular weight excluding hydrogens is 234 g/mol. The molecule has 0 aromatic rings. The molecule has 1 unspecified atom stereocenters. The minimum atomic E-state index is -1.83. The van der Waals surface area contributed by atoms with Gasteiger partial charge in [0.1, 0.15) is 0 Å². The Morgan fingerprint density at radius 1 is 1.75 bits per heavy atom. The maximum atomic E-state index is 10.3. The Labute approximate surface area is 62.6 Å². The third-order valence-electron chi connectivity index (χ3n) is 0.432. The summed E-state index contributed by atoms with van der Waals surface area (Å²) in [5, 5.41) is 0. The van der Waals surface area contributed by atoms with E-state index < -0.39 is 8.25 Å². The predicted molar refractivity (Wildman–Crippen MR) is 34.5 cm³/mol. The molecule has 1 atom stereocenters. The molecule has 5 heteroatoms. The van der Waals surface area contributed by atoms with Crippen molar-refractivity contribution >= 4 is 31.2 Å². The van der Waals surface area contributed by atoms with Crippen LogP contribution < -0.4 is 0 Å². The molecule has 0 saturated heterocycles. The molecule has 3 nitrogen and oxygen atoms in total. The molecule has 0 radical (unpaired) electrons. The van der Waals surface area contributed by atoms with Crippen molar-refractivity contribution in [2.45, 2.75) is 6.92 Å². The van der Waals surface area contributed by atoms with Gasteiger partial charge in [0.05, 0.1) is 0 Å². The van der Waals surface area contributed by atoms with E-state index in [2.05, 4.69) is 7.38 Å². The fourth-order valence-electron chi connectivity index (χ4n) is 0.154. The first-order chi connectivity index (χ1) is 3.81. The van der Waals surface area contributed by atoms with Crippen LogP contribution in [0.5, 0.6) is 0 Å². The van der Waals surface area contributed by atoms with E-state index in [1.807, 2.05) is 0 Å². The van der Waals surface area contributed by atoms with Gasteiger partial charge in [0, 0.05) is 0 Å². The van der Waals surface area contributed by atoms with E-state index in [0.29, 0.717) is 0 Å². The van der Waals surface area contributed by atoms with E-state index in [1.54, 1.807) is 13.0 Å². The summed E-state index contributed by atoms with van der Waals surface area (Å²) < 4.78 is 19.3. The summed E-state index contributed by atoms with van der Waals surface area (Å²) in [6.45, 7) is 1.78. The Morgan fingerprint density at radius 3 is 2.75 bits per heavy atom. The van der Waals surface area contributed by atoms with Gasteiger partial charge in [0.15, 0.2) is 0 Å². The van der Waals surface area contributed by atoms with Crippen LogP contribution in [0.3, 0.4) is 0 Å². The average molecular weight is 242 g/mol. The van der Waals surface area contributed by atoms with Gasteiger partial charge in [-0.1, -0.05) is 0 Å². The van der Waals surface area contributed by atoms with Gasteiger partial charge in [-0.3, -0.25) is 0 Å². The number of allylic oxidation sites excluding steroid dienone is 1. The van der Waals surface area contributed by atoms with Gasteiger partial charge in [-0.25, -0.2) is 0 Å². The molecule has 0 amide bonds. The Hall–Kier alpha value is 0.399. The van der Waals surface area contributed by atoms with E-state index >= 15 is 0 Å². The van der Waals surface area contributed by atoms with Crippen LogP contribution in [0, 0.1) is 0 Å². The van der Waals surface area contributed by atoms with E-state index in [0.717, 1.165) is 0 Å². The molecule has 0 aliphatic rings. The second-order valence-corrected chi connectivity index (χ2v) is 5.13. The van der Waals surface area contributed by atoms with Crippen molar-refractivity contribution in [3.05, 3.63) is 12.3 Å². The summed E-state index contributed by atoms with van der Waals surface area (Å²) in [6.07, 6.45) is 3.01. The molecule has 0 aliphatic carbocycles. The summed E-state index contributed by atoms with van der Waals surface area (Å²) in [7, 11) is -1.83. The van der Waals surface area contributed by atoms with Crippen molar-refractivity contribution in [1.82, 2.24) is 0 Å². The zero-order valence-corrected chi connectivity index (χ0v) is 11.4. The summed E-state index contributed by atoms with van der Waals surface area (Å²) in [4.78, 5) is 0. The van der Waals surface area contributed by atoms with Crippen LogP contribution in [-0.2, 0) is 11.9 Å². The average Bonchev–Trinajstić information content (AvgIpc) is 1.83. The first-order valence-corrected chi connectivity index (χ1v) is 5.53. The molecule has 0 fully saturated rings. The van der Waals surface area contributed by atoms with Crippen molar-refractivity contribution in [3.8, 4) is 0 Å². The third-order valence-corrected chi connectivity index (χ3v) is 3.58. The fraction of sp³-hybridized carbons (Fsp3) is 0.333. The number of hydrogen-bond donors (Lipinski definition) is 0. The van der Waals surface area contributed by atoms with Crippen LogP contribution in [0.1, 0.15) is 6.92 Å². The third kappa shape index (κ3) is 4.55. The molecule has 46 valence electrons. The van der Waals surface area contributed by atoms with Crippen LogP contribution >= 0.6 is 8.25 Å². The second kappa shape index (κ2) is 5.53. The van der Waals surface area contributed by atoms with E-state index in [1.165, 1.54) is 6.26 Å². The molecule has 0 rings (SSSR count). The van der Waals surface area contributed by atoms with E-state index in [-0.39, 0.29) is 22.9 Å². The van der Waals surface area contributed by atoms with Crippen molar-refractivity contribution in [1.29, 1.82) is 0 Å². The van der Waals surface area contributed by atoms with Crippen molar-refractivity contribution in [2.75, 3.05) is 0 Å². The second-order valence-electron chi connectivity index (χ2n) is 0.981. The molecule has 8 heavy (non-hydrogen) atoms. The topological polar surface area (TPSA) is 35.5 Å². The van der Waals surface area contributed by atoms with Gasteiger partial charge in [-0.05, 0) is 0 Å². The van der Waals surface area contributed by atoms with Crippen molar-refractivity contribution in [3.63, 3.8) is 0 Å². The standard InChI is InChI=1S/C3H5O3P.Sn.3H/c1-2-3-6-7(4)5;;;;/h2-3H,1H3;;;;/q;+1;;;. The SMILES string of the molecule is CC=CO[P+](=O)[O][SnH3]. The molecular formula is C3H8O3PSn+. The van der Waals surface area contributed by atoms with Gasteiger partial charge < -0.3 is 0 Å². The molecule has 0 heterocycles. The van der Waals surface area contributed by atoms with Crippen molar-refractivity contribution in [2.24, 2.45) is 0 Å². The van der Waals surface area contributed by atoms with Gasteiger partial charge >= 0.3 is 62.4 Å². The first kappa shape index (κ1) is 8.40. The Morgan fingerprint density at radius 2 is 2.38 bits per heavy atom. The van der Waals surface area contributed by atoms with Crippen LogP contribution in [0.2, 0.25) is 0 Å². The monoisotopic (exact) mass is 243 g/mol. The summed E-state index contributed by atoms with van der Waals surface area (Å²) in [5.41, 5.74) is 0. The van der Waals surface area contributed by atoms with Crippen LogP contribution in [0.25, 0.3) is 0 Å². The Balaban J connectivity index is 3.25. The minimum absolute atomic E-state index is 0.000779. The normalized spacial score (nSPS) is 12.4. The molecule has 0 aliphatic heterocycles. The van der Waals surface area contributed by atoms with E-state index in [9.17, 15) is 4.57 Å². The predicted octanol–water partition coefficient (Wildman–Crippen LogP) is 0.491. The molecule has 0 spiro atoms. The zero-order chi connectivity index (χ0) is 6.41. The molecule has 0 bridgehead atoms. The molecule has 0 saturated carbocycles. The molecule has 0 aromatic heterocycles. The van der Waals surface area contributed by atoms with Gasteiger partial charge in [0.25, 0.3) is 0 Å². The van der Waals surface area contributed by atoms with Gasteiger partial charge in [-0.2, -0.15) is 0 Å². The number of rotatable bonds is 3. The summed E-state index contributed by atoms with van der Waals surface area (Å²) in [5.74, 6) is 0. The van der Waals surface area contributed by atoms with Crippen LogP contribution in [0.15, 0.2) is 12.3 Å². The Bertz CT molecular complexity index is 103. The van der Waals surface area contributed by atoms with Crippen LogP contribution in [0.4, 0.5) is 0 Å². The molecule has 0 aromatic carbocycles. The zero-order valence-electron chi connectivity index (χ0n) is 4.83. The maximum absolute atomic E-state index is 10.3. The summed E-state index contributed by atoms with van der Waals surface area (Å²) >= 11 is -0.000779. The van der Waals surface area contributed by atoms with E-state index in [4.69, 9.17) is 0 Å². The molecule has 0 N–H and O–H groups in total. The first-order valence-electron chi connectivity index (χ1n) is 2.10. The quantitative estimate of drug-likeness (QED) is 0.410. The summed E-state index contributed by atoms with van der Waals surface area (Å²) in [6, 6.07) is 0. The van der Waals surface area contributed by atoms with Gasteiger partial charge in [-0.15, -0.1) is 0 Å². The Kier molecular flexibility index (Phi) is 5.81. The van der Waals surface area contributed by atoms with Crippen LogP contribution in [-0.4, -0.2) is 22.9 Å².